The van der Waals surface area contributed by atoms with Gasteiger partial charge in [0, 0.05) is 6.54 Å². The van der Waals surface area contributed by atoms with Crippen LogP contribution in [0.2, 0.25) is 0 Å². The molecule has 26 heavy (non-hydrogen) atoms. The molecular formula is C15H18N2O8S. The Morgan fingerprint density at radius 2 is 2.04 bits per heavy atom. The number of aliphatic hydroxyl groups excluding tert-OH is 1. The zero-order valence-electron chi connectivity index (χ0n) is 14.1. The maximum Gasteiger partial charge on any atom is 0.337 e. The lowest BCUT2D eigenvalue weighted by atomic mass is 10.2. The van der Waals surface area contributed by atoms with Gasteiger partial charge in [-0.3, -0.25) is 9.35 Å². The summed E-state index contributed by atoms with van der Waals surface area (Å²) in [5.41, 5.74) is -0.0559. The van der Waals surface area contributed by atoms with Crippen LogP contribution in [0, 0.1) is 0 Å². The van der Waals surface area contributed by atoms with Crippen molar-refractivity contribution in [3.8, 4) is 5.75 Å². The molecule has 1 aliphatic rings. The Balaban J connectivity index is 2.49. The number of hydrogen-bond donors (Lipinski definition) is 3. The lowest BCUT2D eigenvalue weighted by molar-refractivity contribution is -0.136. The highest BCUT2D eigenvalue weighted by atomic mass is 32.2. The van der Waals surface area contributed by atoms with E-state index in [2.05, 4.69) is 10.1 Å². The van der Waals surface area contributed by atoms with Crippen molar-refractivity contribution in [2.45, 2.75) is 4.90 Å². The van der Waals surface area contributed by atoms with Crippen LogP contribution in [0.15, 0.2) is 34.4 Å². The molecule has 10 nitrogen and oxygen atoms in total. The summed E-state index contributed by atoms with van der Waals surface area (Å²) in [6.45, 7) is -0.365. The van der Waals surface area contributed by atoms with E-state index in [1.807, 2.05) is 0 Å². The first-order valence-electron chi connectivity index (χ1n) is 7.37. The summed E-state index contributed by atoms with van der Waals surface area (Å²) in [6, 6.07) is 3.48. The number of ether oxygens (including phenoxy) is 2. The SMILES string of the molecule is COC(=O)C1=C(Nc2cc(S(=O)(=O)O)ccc2OC)C(=O)N(CCO)C1. The molecule has 1 amide bonds. The number of nitrogens with one attached hydrogen (secondary N) is 1. The van der Waals surface area contributed by atoms with Gasteiger partial charge >= 0.3 is 5.97 Å². The molecular weight excluding hydrogens is 368 g/mol. The third-order valence-electron chi connectivity index (χ3n) is 3.68. The van der Waals surface area contributed by atoms with E-state index in [0.717, 1.165) is 19.2 Å². The molecule has 3 N–H and O–H groups in total. The second kappa shape index (κ2) is 7.72. The van der Waals surface area contributed by atoms with Gasteiger partial charge in [0.15, 0.2) is 0 Å². The molecule has 0 bridgehead atoms. The van der Waals surface area contributed by atoms with Crippen molar-refractivity contribution < 1.29 is 37.1 Å². The number of nitrogens with zero attached hydrogens (tertiary/aromatic N) is 1. The van der Waals surface area contributed by atoms with E-state index in [1.165, 1.54) is 18.1 Å². The monoisotopic (exact) mass is 386 g/mol. The summed E-state index contributed by atoms with van der Waals surface area (Å²) in [5.74, 6) is -1.13. The molecule has 0 unspecified atom stereocenters. The third kappa shape index (κ3) is 3.95. The minimum absolute atomic E-state index is 0.00665. The van der Waals surface area contributed by atoms with Crippen LogP contribution >= 0.6 is 0 Å². The number of hydrogen-bond acceptors (Lipinski definition) is 8. The van der Waals surface area contributed by atoms with Crippen molar-refractivity contribution in [1.29, 1.82) is 0 Å². The minimum Gasteiger partial charge on any atom is -0.495 e. The van der Waals surface area contributed by atoms with Gasteiger partial charge in [-0.25, -0.2) is 4.79 Å². The topological polar surface area (TPSA) is 142 Å². The molecule has 1 aromatic rings. The van der Waals surface area contributed by atoms with Gasteiger partial charge in [0.1, 0.15) is 11.4 Å². The molecule has 0 fully saturated rings. The number of esters is 1. The average molecular weight is 386 g/mol. The average Bonchev–Trinajstić information content (AvgIpc) is 2.90. The highest BCUT2D eigenvalue weighted by Gasteiger charge is 2.35. The second-order valence-electron chi connectivity index (χ2n) is 5.26. The normalized spacial score (nSPS) is 14.6. The predicted octanol–water partition coefficient (Wildman–Crippen LogP) is -0.385. The van der Waals surface area contributed by atoms with Gasteiger partial charge in [-0.15, -0.1) is 0 Å². The molecule has 142 valence electrons. The van der Waals surface area contributed by atoms with E-state index in [9.17, 15) is 22.6 Å². The number of anilines is 1. The van der Waals surface area contributed by atoms with Crippen LogP contribution in [-0.4, -0.2) is 68.8 Å². The largest absolute Gasteiger partial charge is 0.495 e. The highest BCUT2D eigenvalue weighted by Crippen LogP contribution is 2.31. The number of β-amino-alcohol motifs (C(OH)–C–C–N with tert-alkyl or cyclic N) is 1. The van der Waals surface area contributed by atoms with Gasteiger partial charge in [0.25, 0.3) is 16.0 Å². The maximum atomic E-state index is 12.5. The van der Waals surface area contributed by atoms with Crippen LogP contribution in [0.1, 0.15) is 0 Å². The molecule has 0 aliphatic carbocycles. The molecule has 0 saturated heterocycles. The first-order valence-corrected chi connectivity index (χ1v) is 8.81. The van der Waals surface area contributed by atoms with E-state index < -0.39 is 26.9 Å². The lowest BCUT2D eigenvalue weighted by Gasteiger charge is -2.16. The Morgan fingerprint density at radius 3 is 2.58 bits per heavy atom. The Morgan fingerprint density at radius 1 is 1.35 bits per heavy atom. The van der Waals surface area contributed by atoms with Crippen molar-refractivity contribution >= 4 is 27.7 Å². The van der Waals surface area contributed by atoms with E-state index in [4.69, 9.17) is 9.84 Å². The quantitative estimate of drug-likeness (QED) is 0.422. The number of carbonyl (C=O) groups is 2. The molecule has 0 atom stereocenters. The van der Waals surface area contributed by atoms with Gasteiger partial charge < -0.3 is 24.8 Å². The summed E-state index contributed by atoms with van der Waals surface area (Å²) in [6.07, 6.45) is 0. The summed E-state index contributed by atoms with van der Waals surface area (Å²) in [4.78, 5) is 25.3. The van der Waals surface area contributed by atoms with E-state index in [0.29, 0.717) is 0 Å². The Kier molecular flexibility index (Phi) is 5.85. The van der Waals surface area contributed by atoms with Crippen LogP contribution in [0.4, 0.5) is 5.69 Å². The summed E-state index contributed by atoms with van der Waals surface area (Å²) < 4.78 is 41.7. The van der Waals surface area contributed by atoms with Crippen LogP contribution < -0.4 is 10.1 Å². The molecule has 0 aromatic heterocycles. The summed E-state index contributed by atoms with van der Waals surface area (Å²) >= 11 is 0. The fourth-order valence-electron chi connectivity index (χ4n) is 2.43. The number of amides is 1. The minimum atomic E-state index is -4.48. The Bertz CT molecular complexity index is 862. The first-order chi connectivity index (χ1) is 12.2. The molecule has 0 spiro atoms. The van der Waals surface area contributed by atoms with Crippen LogP contribution in [0.3, 0.4) is 0 Å². The Hall–Kier alpha value is -2.63. The van der Waals surface area contributed by atoms with Crippen molar-refractivity contribution in [3.05, 3.63) is 29.5 Å². The smallest absolute Gasteiger partial charge is 0.337 e. The number of aliphatic hydroxyl groups is 1. The zero-order chi connectivity index (χ0) is 19.5. The molecule has 2 rings (SSSR count). The van der Waals surface area contributed by atoms with Crippen molar-refractivity contribution in [1.82, 2.24) is 4.90 Å². The van der Waals surface area contributed by atoms with Crippen molar-refractivity contribution in [2.75, 3.05) is 39.2 Å². The zero-order valence-corrected chi connectivity index (χ0v) is 14.9. The van der Waals surface area contributed by atoms with E-state index >= 15 is 0 Å². The summed E-state index contributed by atoms with van der Waals surface area (Å²) in [5, 5.41) is 11.7. The van der Waals surface area contributed by atoms with Gasteiger partial charge in [0.2, 0.25) is 0 Å². The van der Waals surface area contributed by atoms with Gasteiger partial charge in [-0.1, -0.05) is 0 Å². The third-order valence-corrected chi connectivity index (χ3v) is 4.53. The predicted molar refractivity (Wildman–Crippen MR) is 89.1 cm³/mol. The molecule has 1 heterocycles. The molecule has 0 radical (unpaired) electrons. The number of methoxy groups -OCH3 is 2. The fourth-order valence-corrected chi connectivity index (χ4v) is 2.94. The first kappa shape index (κ1) is 19.7. The summed E-state index contributed by atoms with van der Waals surface area (Å²) in [7, 11) is -1.99. The number of carbonyl (C=O) groups excluding carboxylic acids is 2. The van der Waals surface area contributed by atoms with Crippen LogP contribution in [0.25, 0.3) is 0 Å². The second-order valence-corrected chi connectivity index (χ2v) is 6.68. The Labute approximate surface area is 149 Å². The van der Waals surface area contributed by atoms with Crippen molar-refractivity contribution in [2.24, 2.45) is 0 Å². The highest BCUT2D eigenvalue weighted by molar-refractivity contribution is 7.85. The molecule has 1 aliphatic heterocycles. The van der Waals surface area contributed by atoms with Crippen molar-refractivity contribution in [3.63, 3.8) is 0 Å². The lowest BCUT2D eigenvalue weighted by Crippen LogP contribution is -2.31. The van der Waals surface area contributed by atoms with E-state index in [-0.39, 0.29) is 42.4 Å². The standard InChI is InChI=1S/C15H18N2O8S/c1-24-12-4-3-9(26(21,22)23)7-11(12)16-13-10(15(20)25-2)8-17(5-6-18)14(13)19/h3-4,7,16,18H,5-6,8H2,1-2H3,(H,21,22,23). The fraction of sp³-hybridized carbons (Fsp3) is 0.333. The van der Waals surface area contributed by atoms with Gasteiger partial charge in [-0.05, 0) is 18.2 Å². The van der Waals surface area contributed by atoms with E-state index in [1.54, 1.807) is 0 Å². The van der Waals surface area contributed by atoms with Crippen LogP contribution in [-0.2, 0) is 24.4 Å². The van der Waals surface area contributed by atoms with Gasteiger partial charge in [0.05, 0.1) is 43.5 Å². The number of rotatable bonds is 7. The van der Waals surface area contributed by atoms with Gasteiger partial charge in [-0.2, -0.15) is 8.42 Å². The molecule has 0 saturated carbocycles. The molecule has 1 aromatic carbocycles. The maximum absolute atomic E-state index is 12.5. The number of benzene rings is 1. The molecule has 11 heteroatoms. The van der Waals surface area contributed by atoms with Crippen LogP contribution in [0.5, 0.6) is 5.75 Å².